The van der Waals surface area contributed by atoms with Gasteiger partial charge in [0.1, 0.15) is 0 Å². The second-order valence-corrected chi connectivity index (χ2v) is 4.05. The molecule has 0 bridgehead atoms. The van der Waals surface area contributed by atoms with Crippen molar-refractivity contribution in [3.8, 4) is 0 Å². The second-order valence-electron chi connectivity index (χ2n) is 3.64. The lowest BCUT2D eigenvalue weighted by Gasteiger charge is -2.19. The number of amides is 2. The average Bonchev–Trinajstić information content (AvgIpc) is 2.20. The summed E-state index contributed by atoms with van der Waals surface area (Å²) in [6, 6.07) is 6.70. The Kier molecular flexibility index (Phi) is 4.58. The van der Waals surface area contributed by atoms with Crippen LogP contribution < -0.4 is 5.32 Å². The molecule has 2 N–H and O–H groups in total. The Morgan fingerprint density at radius 3 is 2.75 bits per heavy atom. The molecule has 0 aliphatic heterocycles. The van der Waals surface area contributed by atoms with Crippen LogP contribution in [-0.2, 0) is 0 Å². The van der Waals surface area contributed by atoms with E-state index in [1.165, 1.54) is 4.90 Å². The summed E-state index contributed by atoms with van der Waals surface area (Å²) in [6.45, 7) is 1.90. The normalized spacial score (nSPS) is 12.0. The maximum absolute atomic E-state index is 11.6. The second kappa shape index (κ2) is 5.72. The van der Waals surface area contributed by atoms with Crippen LogP contribution in [0.5, 0.6) is 0 Å². The first-order chi connectivity index (χ1) is 7.50. The zero-order valence-corrected chi connectivity index (χ0v) is 10.0. The van der Waals surface area contributed by atoms with Gasteiger partial charge in [-0.15, -0.1) is 0 Å². The summed E-state index contributed by atoms with van der Waals surface area (Å²) >= 11 is 5.90. The fraction of sp³-hybridized carbons (Fsp3) is 0.364. The number of carbonyl (C=O) groups is 1. The standard InChI is InChI=1S/C11H15ClN2O2/c1-8(15)7-14(2)11(16)13-10-6-4-3-5-9(10)12/h3-6,8,15H,7H2,1-2H3,(H,13,16). The van der Waals surface area contributed by atoms with E-state index in [1.54, 1.807) is 38.2 Å². The number of urea groups is 1. The van der Waals surface area contributed by atoms with E-state index in [1.807, 2.05) is 0 Å². The van der Waals surface area contributed by atoms with Crippen molar-refractivity contribution in [3.63, 3.8) is 0 Å². The number of para-hydroxylation sites is 1. The van der Waals surface area contributed by atoms with Gasteiger partial charge in [-0.25, -0.2) is 4.79 Å². The maximum atomic E-state index is 11.6. The van der Waals surface area contributed by atoms with Gasteiger partial charge in [-0.1, -0.05) is 23.7 Å². The van der Waals surface area contributed by atoms with Crippen molar-refractivity contribution in [1.82, 2.24) is 4.90 Å². The van der Waals surface area contributed by atoms with Gasteiger partial charge in [0.2, 0.25) is 0 Å². The molecule has 5 heteroatoms. The Morgan fingerprint density at radius 2 is 2.19 bits per heavy atom. The minimum absolute atomic E-state index is 0.274. The number of aliphatic hydroxyl groups is 1. The lowest BCUT2D eigenvalue weighted by Crippen LogP contribution is -2.36. The largest absolute Gasteiger partial charge is 0.392 e. The molecule has 0 radical (unpaired) electrons. The number of nitrogens with zero attached hydrogens (tertiary/aromatic N) is 1. The molecule has 0 saturated carbocycles. The molecule has 88 valence electrons. The maximum Gasteiger partial charge on any atom is 0.321 e. The summed E-state index contributed by atoms with van der Waals surface area (Å²) in [5, 5.41) is 12.3. The third-order valence-electron chi connectivity index (χ3n) is 2.00. The Bertz CT molecular complexity index is 369. The zero-order chi connectivity index (χ0) is 12.1. The van der Waals surface area contributed by atoms with Crippen molar-refractivity contribution in [1.29, 1.82) is 0 Å². The van der Waals surface area contributed by atoms with Crippen molar-refractivity contribution in [2.45, 2.75) is 13.0 Å². The molecule has 16 heavy (non-hydrogen) atoms. The Morgan fingerprint density at radius 1 is 1.56 bits per heavy atom. The fourth-order valence-corrected chi connectivity index (χ4v) is 1.44. The van der Waals surface area contributed by atoms with Gasteiger partial charge in [-0.2, -0.15) is 0 Å². The van der Waals surface area contributed by atoms with Crippen molar-refractivity contribution in [2.24, 2.45) is 0 Å². The molecule has 0 aliphatic rings. The van der Waals surface area contributed by atoms with E-state index in [0.717, 1.165) is 0 Å². The van der Waals surface area contributed by atoms with Gasteiger partial charge in [0.05, 0.1) is 16.8 Å². The van der Waals surface area contributed by atoms with E-state index >= 15 is 0 Å². The monoisotopic (exact) mass is 242 g/mol. The van der Waals surface area contributed by atoms with Crippen LogP contribution in [0.15, 0.2) is 24.3 Å². The van der Waals surface area contributed by atoms with E-state index < -0.39 is 6.10 Å². The summed E-state index contributed by atoms with van der Waals surface area (Å²) in [5.41, 5.74) is 0.562. The highest BCUT2D eigenvalue weighted by molar-refractivity contribution is 6.33. The Hall–Kier alpha value is -1.26. The minimum atomic E-state index is -0.554. The van der Waals surface area contributed by atoms with Crippen molar-refractivity contribution in [2.75, 3.05) is 18.9 Å². The third kappa shape index (κ3) is 3.72. The third-order valence-corrected chi connectivity index (χ3v) is 2.33. The first-order valence-electron chi connectivity index (χ1n) is 4.95. The number of rotatable bonds is 3. The van der Waals surface area contributed by atoms with Gasteiger partial charge in [0.25, 0.3) is 0 Å². The molecule has 1 unspecified atom stereocenters. The summed E-state index contributed by atoms with van der Waals surface area (Å²) in [4.78, 5) is 13.0. The van der Waals surface area contributed by atoms with Crippen LogP contribution in [0, 0.1) is 0 Å². The van der Waals surface area contributed by atoms with Gasteiger partial charge in [0, 0.05) is 13.6 Å². The molecule has 0 aliphatic carbocycles. The highest BCUT2D eigenvalue weighted by Gasteiger charge is 2.11. The lowest BCUT2D eigenvalue weighted by molar-refractivity contribution is 0.149. The first-order valence-corrected chi connectivity index (χ1v) is 5.33. The van der Waals surface area contributed by atoms with Gasteiger partial charge < -0.3 is 15.3 Å². The molecule has 1 aromatic rings. The lowest BCUT2D eigenvalue weighted by atomic mass is 10.3. The topological polar surface area (TPSA) is 52.6 Å². The van der Waals surface area contributed by atoms with Crippen LogP contribution in [0.25, 0.3) is 0 Å². The number of anilines is 1. The van der Waals surface area contributed by atoms with Crippen LogP contribution >= 0.6 is 11.6 Å². The molecule has 0 aromatic heterocycles. The molecule has 0 fully saturated rings. The van der Waals surface area contributed by atoms with Crippen molar-refractivity contribution < 1.29 is 9.90 Å². The van der Waals surface area contributed by atoms with Crippen LogP contribution in [-0.4, -0.2) is 35.7 Å². The smallest absolute Gasteiger partial charge is 0.321 e. The summed E-state index contributed by atoms with van der Waals surface area (Å²) in [6.07, 6.45) is -0.554. The fourth-order valence-electron chi connectivity index (χ4n) is 1.25. The van der Waals surface area contributed by atoms with Crippen molar-refractivity contribution >= 4 is 23.3 Å². The van der Waals surface area contributed by atoms with E-state index in [-0.39, 0.29) is 12.6 Å². The molecule has 1 aromatic carbocycles. The molecule has 4 nitrogen and oxygen atoms in total. The molecule has 1 atom stereocenters. The Labute approximate surface area is 99.8 Å². The Balaban J connectivity index is 2.61. The minimum Gasteiger partial charge on any atom is -0.392 e. The molecule has 0 saturated heterocycles. The number of aliphatic hydroxyl groups excluding tert-OH is 1. The van der Waals surface area contributed by atoms with E-state index in [4.69, 9.17) is 16.7 Å². The highest BCUT2D eigenvalue weighted by atomic mass is 35.5. The van der Waals surface area contributed by atoms with E-state index in [9.17, 15) is 4.79 Å². The van der Waals surface area contributed by atoms with E-state index in [0.29, 0.717) is 10.7 Å². The first kappa shape index (κ1) is 12.8. The van der Waals surface area contributed by atoms with Crippen LogP contribution in [0.4, 0.5) is 10.5 Å². The molecule has 2 amide bonds. The molecular weight excluding hydrogens is 228 g/mol. The molecule has 0 spiro atoms. The van der Waals surface area contributed by atoms with Gasteiger partial charge in [0.15, 0.2) is 0 Å². The summed E-state index contributed by atoms with van der Waals surface area (Å²) in [7, 11) is 1.61. The number of hydrogen-bond acceptors (Lipinski definition) is 2. The van der Waals surface area contributed by atoms with Gasteiger partial charge in [-0.05, 0) is 19.1 Å². The SMILES string of the molecule is CC(O)CN(C)C(=O)Nc1ccccc1Cl. The average molecular weight is 243 g/mol. The molecular formula is C11H15ClN2O2. The van der Waals surface area contributed by atoms with Crippen LogP contribution in [0.1, 0.15) is 6.92 Å². The highest BCUT2D eigenvalue weighted by Crippen LogP contribution is 2.20. The molecule has 0 heterocycles. The number of hydrogen-bond donors (Lipinski definition) is 2. The van der Waals surface area contributed by atoms with Gasteiger partial charge >= 0.3 is 6.03 Å². The zero-order valence-electron chi connectivity index (χ0n) is 9.27. The number of likely N-dealkylation sites (N-methyl/N-ethyl adjacent to an activating group) is 1. The number of halogens is 1. The quantitative estimate of drug-likeness (QED) is 0.854. The summed E-state index contributed by atoms with van der Waals surface area (Å²) in [5.74, 6) is 0. The van der Waals surface area contributed by atoms with Crippen LogP contribution in [0.3, 0.4) is 0 Å². The van der Waals surface area contributed by atoms with E-state index in [2.05, 4.69) is 5.32 Å². The summed E-state index contributed by atoms with van der Waals surface area (Å²) < 4.78 is 0. The number of nitrogens with one attached hydrogen (secondary N) is 1. The van der Waals surface area contributed by atoms with Gasteiger partial charge in [-0.3, -0.25) is 0 Å². The predicted octanol–water partition coefficient (Wildman–Crippen LogP) is 2.18. The molecule has 1 rings (SSSR count). The number of carbonyl (C=O) groups excluding carboxylic acids is 1. The number of benzene rings is 1. The van der Waals surface area contributed by atoms with Crippen molar-refractivity contribution in [3.05, 3.63) is 29.3 Å². The van der Waals surface area contributed by atoms with Crippen LogP contribution in [0.2, 0.25) is 5.02 Å². The predicted molar refractivity (Wildman–Crippen MR) is 64.8 cm³/mol.